The van der Waals surface area contributed by atoms with Crippen LogP contribution in [0.15, 0.2) is 42.5 Å². The van der Waals surface area contributed by atoms with Crippen molar-refractivity contribution in [3.63, 3.8) is 0 Å². The fourth-order valence-corrected chi connectivity index (χ4v) is 3.01. The van der Waals surface area contributed by atoms with Gasteiger partial charge in [-0.1, -0.05) is 0 Å². The van der Waals surface area contributed by atoms with E-state index in [1.807, 2.05) is 24.3 Å². The molecule has 2 N–H and O–H groups in total. The molecule has 0 spiro atoms. The molecule has 2 amide bonds. The van der Waals surface area contributed by atoms with Crippen LogP contribution in [0.4, 0.5) is 17.1 Å². The fourth-order valence-electron chi connectivity index (χ4n) is 3.01. The van der Waals surface area contributed by atoms with E-state index in [4.69, 9.17) is 5.26 Å². The third-order valence-corrected chi connectivity index (χ3v) is 4.41. The molecule has 0 saturated carbocycles. The maximum atomic E-state index is 12.4. The summed E-state index contributed by atoms with van der Waals surface area (Å²) in [6.45, 7) is 4.05. The van der Waals surface area contributed by atoms with Crippen LogP contribution >= 0.6 is 0 Å². The Balaban J connectivity index is 1.64. The van der Waals surface area contributed by atoms with Gasteiger partial charge in [0.2, 0.25) is 11.8 Å². The molecule has 0 fully saturated rings. The van der Waals surface area contributed by atoms with E-state index in [-0.39, 0.29) is 11.8 Å². The second-order valence-electron chi connectivity index (χ2n) is 6.31. The molecule has 1 aliphatic rings. The second kappa shape index (κ2) is 7.28. The Labute approximate surface area is 152 Å². The van der Waals surface area contributed by atoms with E-state index >= 15 is 0 Å². The van der Waals surface area contributed by atoms with Crippen LogP contribution in [0, 0.1) is 11.3 Å². The molecule has 1 aliphatic heterocycles. The molecule has 2 aromatic carbocycles. The predicted molar refractivity (Wildman–Crippen MR) is 101 cm³/mol. The number of hydrogen-bond acceptors (Lipinski definition) is 4. The first-order valence-electron chi connectivity index (χ1n) is 8.46. The number of carbonyl (C=O) groups is 2. The van der Waals surface area contributed by atoms with Gasteiger partial charge in [-0.2, -0.15) is 5.26 Å². The Morgan fingerprint density at radius 1 is 1.15 bits per heavy atom. The lowest BCUT2D eigenvalue weighted by molar-refractivity contribution is -0.117. The Morgan fingerprint density at radius 2 is 1.85 bits per heavy atom. The molecule has 1 atom stereocenters. The van der Waals surface area contributed by atoms with Crippen LogP contribution in [0.1, 0.15) is 25.0 Å². The summed E-state index contributed by atoms with van der Waals surface area (Å²) in [5, 5.41) is 14.8. The molecule has 0 bridgehead atoms. The summed E-state index contributed by atoms with van der Waals surface area (Å²) in [5.74, 6) is -0.125. The number of rotatable bonds is 4. The van der Waals surface area contributed by atoms with Gasteiger partial charge in [0.05, 0.1) is 11.6 Å². The van der Waals surface area contributed by atoms with Gasteiger partial charge in [0.1, 0.15) is 6.04 Å². The molecule has 0 aromatic heterocycles. The zero-order valence-corrected chi connectivity index (χ0v) is 14.7. The minimum atomic E-state index is -0.436. The smallest absolute Gasteiger partial charge is 0.246 e. The summed E-state index contributed by atoms with van der Waals surface area (Å²) in [5.41, 5.74) is 4.08. The summed E-state index contributed by atoms with van der Waals surface area (Å²) in [4.78, 5) is 25.7. The number of nitrogens with one attached hydrogen (secondary N) is 2. The number of amides is 2. The number of fused-ring (bicyclic) bond motifs is 1. The number of hydrogen-bond donors (Lipinski definition) is 2. The summed E-state index contributed by atoms with van der Waals surface area (Å²) < 4.78 is 0. The number of anilines is 3. The number of benzene rings is 2. The largest absolute Gasteiger partial charge is 0.374 e. The Morgan fingerprint density at radius 3 is 2.50 bits per heavy atom. The van der Waals surface area contributed by atoms with Crippen LogP contribution in [0.2, 0.25) is 0 Å². The van der Waals surface area contributed by atoms with E-state index in [0.717, 1.165) is 23.4 Å². The lowest BCUT2D eigenvalue weighted by Crippen LogP contribution is -2.31. The average molecular weight is 348 g/mol. The summed E-state index contributed by atoms with van der Waals surface area (Å²) in [7, 11) is 0. The van der Waals surface area contributed by atoms with Gasteiger partial charge in [-0.3, -0.25) is 9.59 Å². The van der Waals surface area contributed by atoms with E-state index in [1.165, 1.54) is 0 Å². The molecule has 0 unspecified atom stereocenters. The first-order chi connectivity index (χ1) is 12.5. The van der Waals surface area contributed by atoms with Gasteiger partial charge < -0.3 is 15.5 Å². The fraction of sp³-hybridized carbons (Fsp3) is 0.250. The van der Waals surface area contributed by atoms with Gasteiger partial charge >= 0.3 is 0 Å². The number of nitrogens with zero attached hydrogens (tertiary/aromatic N) is 2. The third kappa shape index (κ3) is 3.67. The molecular formula is C20H20N4O2. The molecule has 132 valence electrons. The normalized spacial score (nSPS) is 13.5. The van der Waals surface area contributed by atoms with E-state index in [9.17, 15) is 9.59 Å². The summed E-state index contributed by atoms with van der Waals surface area (Å²) in [6.07, 6.45) is 0.816. The Hall–Kier alpha value is -3.33. The topological polar surface area (TPSA) is 85.2 Å². The van der Waals surface area contributed by atoms with Gasteiger partial charge in [-0.15, -0.1) is 0 Å². The molecule has 1 heterocycles. The van der Waals surface area contributed by atoms with Crippen LogP contribution < -0.4 is 15.5 Å². The summed E-state index contributed by atoms with van der Waals surface area (Å²) >= 11 is 0. The first-order valence-corrected chi connectivity index (χ1v) is 8.46. The minimum Gasteiger partial charge on any atom is -0.374 e. The lowest BCUT2D eigenvalue weighted by Gasteiger charge is -2.18. The summed E-state index contributed by atoms with van der Waals surface area (Å²) in [6, 6.07) is 14.1. The van der Waals surface area contributed by atoms with Crippen LogP contribution in [0.25, 0.3) is 0 Å². The monoisotopic (exact) mass is 348 g/mol. The number of nitriles is 1. The zero-order chi connectivity index (χ0) is 18.7. The lowest BCUT2D eigenvalue weighted by atomic mass is 10.1. The van der Waals surface area contributed by atoms with E-state index in [0.29, 0.717) is 17.8 Å². The second-order valence-corrected chi connectivity index (χ2v) is 6.31. The molecule has 6 nitrogen and oxygen atoms in total. The van der Waals surface area contributed by atoms with Crippen molar-refractivity contribution in [2.75, 3.05) is 22.1 Å². The highest BCUT2D eigenvalue weighted by Crippen LogP contribution is 2.30. The SMILES string of the molecule is CC(=O)N1CCc2cc(N[C@H](C)C(=O)Nc3ccc(C#N)cc3)ccc21. The quantitative estimate of drug-likeness (QED) is 0.890. The predicted octanol–water partition coefficient (Wildman–Crippen LogP) is 2.91. The molecule has 3 rings (SSSR count). The van der Waals surface area contributed by atoms with Crippen molar-refractivity contribution in [1.29, 1.82) is 5.26 Å². The van der Waals surface area contributed by atoms with Crippen LogP contribution in [-0.2, 0) is 16.0 Å². The number of carbonyl (C=O) groups excluding carboxylic acids is 2. The van der Waals surface area contributed by atoms with Crippen molar-refractivity contribution in [2.24, 2.45) is 0 Å². The maximum absolute atomic E-state index is 12.4. The van der Waals surface area contributed by atoms with Crippen LogP contribution in [0.3, 0.4) is 0 Å². The molecule has 6 heteroatoms. The highest BCUT2D eigenvalue weighted by Gasteiger charge is 2.22. The maximum Gasteiger partial charge on any atom is 0.246 e. The van der Waals surface area contributed by atoms with Gasteiger partial charge in [0.25, 0.3) is 0 Å². The van der Waals surface area contributed by atoms with Crippen molar-refractivity contribution < 1.29 is 9.59 Å². The molecule has 26 heavy (non-hydrogen) atoms. The standard InChI is InChI=1S/C20H20N4O2/c1-13(20(26)23-17-5-3-15(12-21)4-6-17)22-18-7-8-19-16(11-18)9-10-24(19)14(2)25/h3-8,11,13,22H,9-10H2,1-2H3,(H,23,26)/t13-/m1/s1. The van der Waals surface area contributed by atoms with Gasteiger partial charge in [0, 0.05) is 30.5 Å². The van der Waals surface area contributed by atoms with Gasteiger partial charge in [-0.05, 0) is 61.4 Å². The molecule has 0 saturated heterocycles. The highest BCUT2D eigenvalue weighted by molar-refractivity contribution is 5.97. The minimum absolute atomic E-state index is 0.0413. The van der Waals surface area contributed by atoms with E-state index in [2.05, 4.69) is 10.6 Å². The van der Waals surface area contributed by atoms with Gasteiger partial charge in [0.15, 0.2) is 0 Å². The van der Waals surface area contributed by atoms with Crippen LogP contribution in [0.5, 0.6) is 0 Å². The Kier molecular flexibility index (Phi) is 4.90. The van der Waals surface area contributed by atoms with Crippen molar-refractivity contribution in [3.05, 3.63) is 53.6 Å². The van der Waals surface area contributed by atoms with Crippen molar-refractivity contribution in [1.82, 2.24) is 0 Å². The Bertz CT molecular complexity index is 884. The van der Waals surface area contributed by atoms with Gasteiger partial charge in [-0.25, -0.2) is 0 Å². The van der Waals surface area contributed by atoms with Crippen molar-refractivity contribution in [3.8, 4) is 6.07 Å². The van der Waals surface area contributed by atoms with E-state index < -0.39 is 6.04 Å². The third-order valence-electron chi connectivity index (χ3n) is 4.41. The van der Waals surface area contributed by atoms with E-state index in [1.54, 1.807) is 43.0 Å². The zero-order valence-electron chi connectivity index (χ0n) is 14.7. The highest BCUT2D eigenvalue weighted by atomic mass is 16.2. The van der Waals surface area contributed by atoms with Crippen molar-refractivity contribution in [2.45, 2.75) is 26.3 Å². The molecule has 0 radical (unpaired) electrons. The van der Waals surface area contributed by atoms with Crippen molar-refractivity contribution >= 4 is 28.9 Å². The molecular weight excluding hydrogens is 328 g/mol. The van der Waals surface area contributed by atoms with Crippen LogP contribution in [-0.4, -0.2) is 24.4 Å². The average Bonchev–Trinajstić information content (AvgIpc) is 3.05. The molecule has 0 aliphatic carbocycles. The first kappa shape index (κ1) is 17.5. The molecule has 2 aromatic rings.